The van der Waals surface area contributed by atoms with E-state index in [1.807, 2.05) is 0 Å². The van der Waals surface area contributed by atoms with Crippen LogP contribution >= 0.6 is 34.5 Å². The van der Waals surface area contributed by atoms with Gasteiger partial charge in [0.15, 0.2) is 5.13 Å². The molecule has 3 rings (SSSR count). The number of nitrogens with one attached hydrogen (secondary N) is 1. The predicted octanol–water partition coefficient (Wildman–Crippen LogP) is 3.32. The van der Waals surface area contributed by atoms with Crippen LogP contribution in [0, 0.1) is 0 Å². The molecule has 1 saturated carbocycles. The van der Waals surface area contributed by atoms with Crippen LogP contribution in [0.3, 0.4) is 0 Å². The summed E-state index contributed by atoms with van der Waals surface area (Å²) in [6.07, 6.45) is 1.43. The molecule has 0 saturated heterocycles. The molecule has 0 unspecified atom stereocenters. The largest absolute Gasteiger partial charge is 0.481 e. The smallest absolute Gasteiger partial charge is 0.309 e. The molecule has 142 valence electrons. The van der Waals surface area contributed by atoms with E-state index in [1.165, 1.54) is 11.0 Å². The summed E-state index contributed by atoms with van der Waals surface area (Å²) in [4.78, 5) is 41.4. The Morgan fingerprint density at radius 1 is 1.30 bits per heavy atom. The molecule has 1 aromatic carbocycles. The van der Waals surface area contributed by atoms with Gasteiger partial charge in [-0.05, 0) is 31.0 Å². The minimum Gasteiger partial charge on any atom is -0.481 e. The van der Waals surface area contributed by atoms with Gasteiger partial charge in [0, 0.05) is 16.4 Å². The molecule has 1 heterocycles. The van der Waals surface area contributed by atoms with E-state index in [9.17, 15) is 14.4 Å². The zero-order valence-electron chi connectivity index (χ0n) is 13.9. The first kappa shape index (κ1) is 19.6. The molecule has 1 aliphatic rings. The number of carboxylic acid groups (broad SMARTS) is 1. The number of rotatable bonds is 7. The highest BCUT2D eigenvalue weighted by atomic mass is 35.5. The lowest BCUT2D eigenvalue weighted by Gasteiger charge is -2.22. The normalized spacial score (nSPS) is 13.3. The van der Waals surface area contributed by atoms with Crippen LogP contribution in [0.4, 0.5) is 5.13 Å². The Kier molecular flexibility index (Phi) is 5.98. The average molecular weight is 428 g/mol. The summed E-state index contributed by atoms with van der Waals surface area (Å²) in [7, 11) is 0. The third-order valence-corrected chi connectivity index (χ3v) is 5.21. The molecule has 1 aromatic heterocycles. The monoisotopic (exact) mass is 427 g/mol. The van der Waals surface area contributed by atoms with E-state index in [-0.39, 0.29) is 29.9 Å². The number of aromatic nitrogens is 1. The molecule has 2 aromatic rings. The number of anilines is 1. The first-order valence-corrected chi connectivity index (χ1v) is 9.69. The Labute approximate surface area is 168 Å². The van der Waals surface area contributed by atoms with Crippen LogP contribution in [0.1, 0.15) is 28.9 Å². The van der Waals surface area contributed by atoms with Crippen LogP contribution < -0.4 is 5.32 Å². The van der Waals surface area contributed by atoms with Gasteiger partial charge in [-0.3, -0.25) is 14.4 Å². The summed E-state index contributed by atoms with van der Waals surface area (Å²) >= 11 is 13.1. The summed E-state index contributed by atoms with van der Waals surface area (Å²) < 4.78 is 0. The zero-order valence-corrected chi connectivity index (χ0v) is 16.3. The van der Waals surface area contributed by atoms with E-state index in [1.54, 1.807) is 17.5 Å². The van der Waals surface area contributed by atoms with Crippen LogP contribution in [0.2, 0.25) is 10.0 Å². The molecule has 1 fully saturated rings. The summed E-state index contributed by atoms with van der Waals surface area (Å²) in [5.74, 6) is -1.74. The van der Waals surface area contributed by atoms with Crippen LogP contribution in [-0.2, 0) is 16.0 Å². The highest BCUT2D eigenvalue weighted by Crippen LogP contribution is 2.30. The van der Waals surface area contributed by atoms with Crippen molar-refractivity contribution in [1.29, 1.82) is 0 Å². The number of hydrogen-bond donors (Lipinski definition) is 2. The third-order valence-electron chi connectivity index (χ3n) is 3.85. The molecule has 2 amide bonds. The van der Waals surface area contributed by atoms with E-state index in [0.717, 1.165) is 24.2 Å². The second-order valence-corrected chi connectivity index (χ2v) is 7.75. The quantitative estimate of drug-likeness (QED) is 0.705. The molecule has 27 heavy (non-hydrogen) atoms. The standard InChI is InChI=1S/C17H15Cl2N3O4S/c18-9-1-4-12(13(19)5-9)16(26)22(11-2-3-11)7-14(23)21-17-20-10(8-27-17)6-15(24)25/h1,4-5,8,11H,2-3,6-7H2,(H,24,25)(H,20,21,23). The number of carbonyl (C=O) groups excluding carboxylic acids is 2. The van der Waals surface area contributed by atoms with Crippen molar-refractivity contribution in [2.75, 3.05) is 11.9 Å². The third kappa shape index (κ3) is 5.18. The second kappa shape index (κ2) is 8.24. The van der Waals surface area contributed by atoms with E-state index in [0.29, 0.717) is 21.4 Å². The lowest BCUT2D eigenvalue weighted by Crippen LogP contribution is -2.39. The van der Waals surface area contributed by atoms with Gasteiger partial charge in [-0.1, -0.05) is 23.2 Å². The van der Waals surface area contributed by atoms with Gasteiger partial charge in [0.2, 0.25) is 5.91 Å². The first-order chi connectivity index (χ1) is 12.8. The van der Waals surface area contributed by atoms with Gasteiger partial charge in [0.05, 0.1) is 22.7 Å². The van der Waals surface area contributed by atoms with Gasteiger partial charge >= 0.3 is 5.97 Å². The number of carbonyl (C=O) groups is 3. The summed E-state index contributed by atoms with van der Waals surface area (Å²) in [6, 6.07) is 4.60. The first-order valence-electron chi connectivity index (χ1n) is 8.05. The van der Waals surface area contributed by atoms with E-state index in [4.69, 9.17) is 28.3 Å². The number of nitrogens with zero attached hydrogens (tertiary/aromatic N) is 2. The minimum atomic E-state index is -0.997. The molecular formula is C17H15Cl2N3O4S. The van der Waals surface area contributed by atoms with Crippen LogP contribution in [-0.4, -0.2) is 45.4 Å². The Bertz CT molecular complexity index is 898. The predicted molar refractivity (Wildman–Crippen MR) is 103 cm³/mol. The number of amides is 2. The summed E-state index contributed by atoms with van der Waals surface area (Å²) in [5.41, 5.74) is 0.657. The average Bonchev–Trinajstić information content (AvgIpc) is 3.33. The van der Waals surface area contributed by atoms with Crippen molar-refractivity contribution in [2.24, 2.45) is 0 Å². The van der Waals surface area contributed by atoms with Crippen molar-refractivity contribution in [3.8, 4) is 0 Å². The molecular weight excluding hydrogens is 413 g/mol. The van der Waals surface area contributed by atoms with Crippen LogP contribution in [0.25, 0.3) is 0 Å². The fourth-order valence-corrected chi connectivity index (χ4v) is 3.70. The lowest BCUT2D eigenvalue weighted by molar-refractivity contribution is -0.136. The molecule has 2 N–H and O–H groups in total. The van der Waals surface area contributed by atoms with Gasteiger partial charge in [-0.2, -0.15) is 0 Å². The highest BCUT2D eigenvalue weighted by molar-refractivity contribution is 7.13. The van der Waals surface area contributed by atoms with Gasteiger partial charge in [-0.25, -0.2) is 4.98 Å². The zero-order chi connectivity index (χ0) is 19.6. The van der Waals surface area contributed by atoms with E-state index in [2.05, 4.69) is 10.3 Å². The maximum atomic E-state index is 12.8. The van der Waals surface area contributed by atoms with Crippen LogP contribution in [0.5, 0.6) is 0 Å². The number of carboxylic acids is 1. The maximum absolute atomic E-state index is 12.8. The van der Waals surface area contributed by atoms with Crippen molar-refractivity contribution < 1.29 is 19.5 Å². The SMILES string of the molecule is O=C(O)Cc1csc(NC(=O)CN(C(=O)c2ccc(Cl)cc2Cl)C2CC2)n1. The molecule has 0 bridgehead atoms. The Morgan fingerprint density at radius 3 is 2.67 bits per heavy atom. The molecule has 0 atom stereocenters. The molecule has 7 nitrogen and oxygen atoms in total. The summed E-state index contributed by atoms with van der Waals surface area (Å²) in [5, 5.41) is 13.9. The molecule has 0 spiro atoms. The fourth-order valence-electron chi connectivity index (χ4n) is 2.48. The minimum absolute atomic E-state index is 0.00568. The van der Waals surface area contributed by atoms with Gasteiger partial charge < -0.3 is 15.3 Å². The maximum Gasteiger partial charge on any atom is 0.309 e. The van der Waals surface area contributed by atoms with Crippen molar-refractivity contribution in [1.82, 2.24) is 9.88 Å². The number of hydrogen-bond acceptors (Lipinski definition) is 5. The molecule has 0 aliphatic heterocycles. The molecule has 1 aliphatic carbocycles. The Hall–Kier alpha value is -2.16. The second-order valence-electron chi connectivity index (χ2n) is 6.05. The van der Waals surface area contributed by atoms with Gasteiger partial charge in [0.1, 0.15) is 6.54 Å². The van der Waals surface area contributed by atoms with Crippen molar-refractivity contribution >= 4 is 57.5 Å². The number of aliphatic carboxylic acids is 1. The van der Waals surface area contributed by atoms with E-state index >= 15 is 0 Å². The van der Waals surface area contributed by atoms with Crippen molar-refractivity contribution in [2.45, 2.75) is 25.3 Å². The Morgan fingerprint density at radius 2 is 2.04 bits per heavy atom. The number of benzene rings is 1. The highest BCUT2D eigenvalue weighted by Gasteiger charge is 2.35. The number of thiazole rings is 1. The molecule has 10 heteroatoms. The topological polar surface area (TPSA) is 99.6 Å². The van der Waals surface area contributed by atoms with Crippen molar-refractivity contribution in [3.05, 3.63) is 44.9 Å². The van der Waals surface area contributed by atoms with Crippen LogP contribution in [0.15, 0.2) is 23.6 Å². The van der Waals surface area contributed by atoms with E-state index < -0.39 is 11.9 Å². The summed E-state index contributed by atoms with van der Waals surface area (Å²) in [6.45, 7) is -0.143. The fraction of sp³-hybridized carbons (Fsp3) is 0.294. The molecule has 0 radical (unpaired) electrons. The Balaban J connectivity index is 1.67. The van der Waals surface area contributed by atoms with Gasteiger partial charge in [-0.15, -0.1) is 11.3 Å². The van der Waals surface area contributed by atoms with Crippen molar-refractivity contribution in [3.63, 3.8) is 0 Å². The number of halogens is 2. The van der Waals surface area contributed by atoms with Gasteiger partial charge in [0.25, 0.3) is 5.91 Å². The lowest BCUT2D eigenvalue weighted by atomic mass is 10.2.